The van der Waals surface area contributed by atoms with E-state index in [-0.39, 0.29) is 5.82 Å². The Labute approximate surface area is 188 Å². The molecule has 1 aliphatic heterocycles. The molecule has 1 saturated heterocycles. The minimum absolute atomic E-state index is 0.211. The van der Waals surface area contributed by atoms with Crippen LogP contribution < -0.4 is 10.6 Å². The highest BCUT2D eigenvalue weighted by atomic mass is 19.1. The largest absolute Gasteiger partial charge is 0.379 e. The number of nitrogens with zero attached hydrogens (tertiary/aromatic N) is 2. The summed E-state index contributed by atoms with van der Waals surface area (Å²) in [6, 6.07) is 13.5. The topological polar surface area (TPSA) is 64.7 Å². The van der Waals surface area contributed by atoms with Crippen molar-refractivity contribution in [2.45, 2.75) is 26.4 Å². The molecule has 0 bridgehead atoms. The van der Waals surface area contributed by atoms with Crippen LogP contribution in [0.5, 0.6) is 0 Å². The van der Waals surface area contributed by atoms with Crippen molar-refractivity contribution in [1.29, 1.82) is 0 Å². The van der Waals surface area contributed by atoms with Gasteiger partial charge >= 0.3 is 0 Å². The van der Waals surface area contributed by atoms with Gasteiger partial charge in [0.2, 0.25) is 0 Å². The molecule has 32 heavy (non-hydrogen) atoms. The fourth-order valence-electron chi connectivity index (χ4n) is 3.95. The first-order valence-electron chi connectivity index (χ1n) is 11.4. The summed E-state index contributed by atoms with van der Waals surface area (Å²) in [5, 5.41) is 7.62. The van der Waals surface area contributed by atoms with Gasteiger partial charge in [0.15, 0.2) is 5.96 Å². The van der Waals surface area contributed by atoms with Crippen molar-refractivity contribution in [2.24, 2.45) is 4.99 Å². The first-order chi connectivity index (χ1) is 15.7. The summed E-state index contributed by atoms with van der Waals surface area (Å²) in [5.41, 5.74) is 4.55. The number of benzene rings is 2. The molecule has 2 aromatic carbocycles. The molecule has 0 spiro atoms. The Morgan fingerprint density at radius 2 is 1.88 bits per heavy atom. The number of halogens is 1. The van der Waals surface area contributed by atoms with Crippen LogP contribution in [0.2, 0.25) is 0 Å². The fourth-order valence-corrected chi connectivity index (χ4v) is 3.95. The molecule has 0 saturated carbocycles. The van der Waals surface area contributed by atoms with Gasteiger partial charge in [-0.2, -0.15) is 0 Å². The van der Waals surface area contributed by atoms with Crippen LogP contribution >= 0.6 is 0 Å². The zero-order chi connectivity index (χ0) is 22.2. The first kappa shape index (κ1) is 22.3. The quantitative estimate of drug-likeness (QED) is 0.373. The second kappa shape index (κ2) is 11.1. The third-order valence-electron chi connectivity index (χ3n) is 5.71. The summed E-state index contributed by atoms with van der Waals surface area (Å²) in [6.45, 7) is 8.79. The molecule has 0 amide bonds. The van der Waals surface area contributed by atoms with Crippen molar-refractivity contribution in [3.63, 3.8) is 0 Å². The van der Waals surface area contributed by atoms with Crippen molar-refractivity contribution in [1.82, 2.24) is 20.5 Å². The van der Waals surface area contributed by atoms with E-state index in [1.165, 1.54) is 17.2 Å². The van der Waals surface area contributed by atoms with Crippen molar-refractivity contribution in [3.8, 4) is 0 Å². The maximum absolute atomic E-state index is 13.6. The average Bonchev–Trinajstić information content (AvgIpc) is 3.21. The first-order valence-corrected chi connectivity index (χ1v) is 11.4. The molecule has 1 aromatic heterocycles. The van der Waals surface area contributed by atoms with Gasteiger partial charge in [0.25, 0.3) is 0 Å². The van der Waals surface area contributed by atoms with Crippen LogP contribution in [0.15, 0.2) is 53.7 Å². The Morgan fingerprint density at radius 3 is 2.66 bits per heavy atom. The summed E-state index contributed by atoms with van der Waals surface area (Å²) < 4.78 is 19.0. The lowest BCUT2D eigenvalue weighted by molar-refractivity contribution is 0.0342. The zero-order valence-corrected chi connectivity index (χ0v) is 18.7. The molecule has 0 aliphatic carbocycles. The normalized spacial score (nSPS) is 15.2. The van der Waals surface area contributed by atoms with Crippen molar-refractivity contribution in [3.05, 3.63) is 71.2 Å². The van der Waals surface area contributed by atoms with Gasteiger partial charge in [0.05, 0.1) is 19.8 Å². The number of fused-ring (bicyclic) bond motifs is 1. The summed E-state index contributed by atoms with van der Waals surface area (Å²) in [6.07, 6.45) is 2.73. The summed E-state index contributed by atoms with van der Waals surface area (Å²) in [4.78, 5) is 10.4. The van der Waals surface area contributed by atoms with Gasteiger partial charge in [-0.25, -0.2) is 9.38 Å². The maximum atomic E-state index is 13.6. The van der Waals surface area contributed by atoms with Crippen LogP contribution in [-0.4, -0.2) is 55.2 Å². The lowest BCUT2D eigenvalue weighted by Gasteiger charge is -2.26. The molecule has 0 radical (unpaired) electrons. The molecule has 0 atom stereocenters. The number of guanidine groups is 1. The predicted octanol–water partition coefficient (Wildman–Crippen LogP) is 3.44. The molecular formula is C25H32FN5O. The molecule has 170 valence electrons. The summed E-state index contributed by atoms with van der Waals surface area (Å²) in [7, 11) is 0. The van der Waals surface area contributed by atoms with Crippen LogP contribution in [0.4, 0.5) is 4.39 Å². The van der Waals surface area contributed by atoms with E-state index in [4.69, 9.17) is 9.73 Å². The smallest absolute Gasteiger partial charge is 0.191 e. The van der Waals surface area contributed by atoms with Crippen LogP contribution in [0.1, 0.15) is 23.6 Å². The predicted molar refractivity (Wildman–Crippen MR) is 127 cm³/mol. The van der Waals surface area contributed by atoms with Gasteiger partial charge in [0.1, 0.15) is 5.82 Å². The lowest BCUT2D eigenvalue weighted by Crippen LogP contribution is -2.38. The number of aromatic amines is 1. The average molecular weight is 438 g/mol. The molecule has 1 fully saturated rings. The van der Waals surface area contributed by atoms with Crippen LogP contribution in [0.25, 0.3) is 10.9 Å². The molecule has 7 heteroatoms. The highest BCUT2D eigenvalue weighted by Crippen LogP contribution is 2.19. The molecular weight excluding hydrogens is 405 g/mol. The number of rotatable bonds is 8. The van der Waals surface area contributed by atoms with Crippen molar-refractivity contribution < 1.29 is 9.13 Å². The van der Waals surface area contributed by atoms with E-state index in [1.807, 2.05) is 6.20 Å². The molecule has 2 heterocycles. The maximum Gasteiger partial charge on any atom is 0.191 e. The standard InChI is InChI=1S/C25H32FN5O/c1-2-27-25(28-10-9-21-17-29-24-8-7-22(26)15-23(21)24)30-16-19-3-5-20(6-4-19)18-31-11-13-32-14-12-31/h3-8,15,17,29H,2,9-14,16,18H2,1H3,(H2,27,28,30). The van der Waals surface area contributed by atoms with E-state index in [2.05, 4.69) is 51.7 Å². The summed E-state index contributed by atoms with van der Waals surface area (Å²) in [5.74, 6) is 0.577. The third kappa shape index (κ3) is 6.08. The second-order valence-corrected chi connectivity index (χ2v) is 8.08. The Balaban J connectivity index is 1.29. The van der Waals surface area contributed by atoms with Crippen LogP contribution in [0.3, 0.4) is 0 Å². The van der Waals surface area contributed by atoms with Gasteiger partial charge in [-0.05, 0) is 48.2 Å². The fraction of sp³-hybridized carbons (Fsp3) is 0.400. The number of aliphatic imine (C=N–C) groups is 1. The number of hydrogen-bond acceptors (Lipinski definition) is 3. The Bertz CT molecular complexity index is 1020. The Kier molecular flexibility index (Phi) is 7.74. The highest BCUT2D eigenvalue weighted by Gasteiger charge is 2.10. The summed E-state index contributed by atoms with van der Waals surface area (Å²) >= 11 is 0. The van der Waals surface area contributed by atoms with Gasteiger partial charge < -0.3 is 20.4 Å². The molecule has 3 aromatic rings. The number of nitrogens with one attached hydrogen (secondary N) is 3. The minimum Gasteiger partial charge on any atom is -0.379 e. The monoisotopic (exact) mass is 437 g/mol. The number of ether oxygens (including phenoxy) is 1. The molecule has 6 nitrogen and oxygen atoms in total. The molecule has 1 aliphatic rings. The number of morpholine rings is 1. The lowest BCUT2D eigenvalue weighted by atomic mass is 10.1. The SMILES string of the molecule is CCNC(=NCc1ccc(CN2CCOCC2)cc1)NCCc1c[nH]c2ccc(F)cc12. The Hall–Kier alpha value is -2.90. The van der Waals surface area contributed by atoms with Crippen molar-refractivity contribution >= 4 is 16.9 Å². The van der Waals surface area contributed by atoms with Gasteiger partial charge in [-0.3, -0.25) is 4.90 Å². The zero-order valence-electron chi connectivity index (χ0n) is 18.7. The van der Waals surface area contributed by atoms with Gasteiger partial charge in [-0.15, -0.1) is 0 Å². The molecule has 0 unspecified atom stereocenters. The molecule has 3 N–H and O–H groups in total. The van der Waals surface area contributed by atoms with Crippen molar-refractivity contribution in [2.75, 3.05) is 39.4 Å². The van der Waals surface area contributed by atoms with Crippen LogP contribution in [-0.2, 0) is 24.2 Å². The number of H-pyrrole nitrogens is 1. The highest BCUT2D eigenvalue weighted by molar-refractivity contribution is 5.83. The number of aromatic nitrogens is 1. The minimum atomic E-state index is -0.211. The molecule has 4 rings (SSSR count). The van der Waals surface area contributed by atoms with E-state index < -0.39 is 0 Å². The third-order valence-corrected chi connectivity index (χ3v) is 5.71. The van der Waals surface area contributed by atoms with Crippen LogP contribution in [0, 0.1) is 5.82 Å². The van der Waals surface area contributed by atoms with Gasteiger partial charge in [-0.1, -0.05) is 24.3 Å². The Morgan fingerprint density at radius 1 is 1.09 bits per heavy atom. The van der Waals surface area contributed by atoms with Gasteiger partial charge in [0, 0.05) is 49.8 Å². The van der Waals surface area contributed by atoms with E-state index in [9.17, 15) is 4.39 Å². The number of hydrogen-bond donors (Lipinski definition) is 3. The van der Waals surface area contributed by atoms with E-state index >= 15 is 0 Å². The van der Waals surface area contributed by atoms with E-state index in [0.717, 1.165) is 68.2 Å². The van der Waals surface area contributed by atoms with E-state index in [1.54, 1.807) is 12.1 Å². The second-order valence-electron chi connectivity index (χ2n) is 8.08. The van der Waals surface area contributed by atoms with E-state index in [0.29, 0.717) is 13.1 Å².